The van der Waals surface area contributed by atoms with Crippen molar-refractivity contribution in [1.29, 1.82) is 0 Å². The summed E-state index contributed by atoms with van der Waals surface area (Å²) >= 11 is 0. The van der Waals surface area contributed by atoms with E-state index in [9.17, 15) is 0 Å². The minimum absolute atomic E-state index is 0.766. The van der Waals surface area contributed by atoms with E-state index in [1.807, 2.05) is 0 Å². The van der Waals surface area contributed by atoms with E-state index in [2.05, 4.69) is 37.9 Å². The lowest BCUT2D eigenvalue weighted by molar-refractivity contribution is 0.138. The van der Waals surface area contributed by atoms with Crippen molar-refractivity contribution < 1.29 is 0 Å². The van der Waals surface area contributed by atoms with Gasteiger partial charge in [-0.15, -0.1) is 0 Å². The van der Waals surface area contributed by atoms with E-state index in [1.165, 1.54) is 45.3 Å². The van der Waals surface area contributed by atoms with Gasteiger partial charge in [0.25, 0.3) is 0 Å². The van der Waals surface area contributed by atoms with Crippen LogP contribution >= 0.6 is 0 Å². The number of piperidine rings is 1. The summed E-state index contributed by atoms with van der Waals surface area (Å²) < 4.78 is 0. The van der Waals surface area contributed by atoms with Gasteiger partial charge in [0.1, 0.15) is 0 Å². The Bertz CT molecular complexity index is 189. The molecule has 17 heavy (non-hydrogen) atoms. The molecule has 0 spiro atoms. The fourth-order valence-corrected chi connectivity index (χ4v) is 2.55. The quantitative estimate of drug-likeness (QED) is 0.735. The Morgan fingerprint density at radius 3 is 2.53 bits per heavy atom. The molecule has 1 atom stereocenters. The molecule has 0 bridgehead atoms. The van der Waals surface area contributed by atoms with Crippen LogP contribution in [0.25, 0.3) is 0 Å². The number of hydrogen-bond donors (Lipinski definition) is 1. The van der Waals surface area contributed by atoms with E-state index in [-0.39, 0.29) is 0 Å². The normalized spacial score (nSPS) is 22.6. The topological polar surface area (TPSA) is 15.3 Å². The van der Waals surface area contributed by atoms with E-state index in [1.54, 1.807) is 0 Å². The molecule has 1 aliphatic heterocycles. The molecule has 1 heterocycles. The first-order valence-electron chi connectivity index (χ1n) is 7.54. The fraction of sp³-hybridized carbons (Fsp3) is 1.00. The molecule has 0 aromatic rings. The van der Waals surface area contributed by atoms with E-state index in [4.69, 9.17) is 0 Å². The summed E-state index contributed by atoms with van der Waals surface area (Å²) in [5, 5.41) is 3.63. The summed E-state index contributed by atoms with van der Waals surface area (Å²) in [7, 11) is 0. The van der Waals surface area contributed by atoms with Crippen molar-refractivity contribution in [1.82, 2.24) is 10.2 Å². The maximum absolute atomic E-state index is 3.63. The number of rotatable bonds is 7. The summed E-state index contributed by atoms with van der Waals surface area (Å²) in [6, 6.07) is 0.793. The molecular weight excluding hydrogens is 208 g/mol. The van der Waals surface area contributed by atoms with Crippen LogP contribution in [0.15, 0.2) is 0 Å². The molecule has 0 aromatic carbocycles. The molecule has 1 N–H and O–H groups in total. The van der Waals surface area contributed by atoms with Crippen molar-refractivity contribution >= 4 is 0 Å². The lowest BCUT2D eigenvalue weighted by Crippen LogP contribution is -2.46. The zero-order chi connectivity index (χ0) is 12.7. The third-order valence-electron chi connectivity index (χ3n) is 3.68. The molecule has 2 heteroatoms. The number of nitrogens with zero attached hydrogens (tertiary/aromatic N) is 1. The Balaban J connectivity index is 2.26. The molecule has 1 rings (SSSR count). The molecule has 0 radical (unpaired) electrons. The van der Waals surface area contributed by atoms with Gasteiger partial charge in [0, 0.05) is 12.6 Å². The first-order chi connectivity index (χ1) is 8.09. The van der Waals surface area contributed by atoms with Crippen LogP contribution in [0.3, 0.4) is 0 Å². The molecule has 1 fully saturated rings. The Kier molecular flexibility index (Phi) is 7.14. The molecule has 1 aliphatic rings. The average molecular weight is 240 g/mol. The second kappa shape index (κ2) is 8.10. The number of hydrogen-bond acceptors (Lipinski definition) is 2. The van der Waals surface area contributed by atoms with Crippen LogP contribution in [0, 0.1) is 11.8 Å². The zero-order valence-corrected chi connectivity index (χ0v) is 12.3. The molecule has 1 unspecified atom stereocenters. The van der Waals surface area contributed by atoms with E-state index < -0.39 is 0 Å². The van der Waals surface area contributed by atoms with Gasteiger partial charge >= 0.3 is 0 Å². The van der Waals surface area contributed by atoms with Gasteiger partial charge in [-0.05, 0) is 50.7 Å². The van der Waals surface area contributed by atoms with Gasteiger partial charge in [0.05, 0.1) is 0 Å². The smallest absolute Gasteiger partial charge is 0.0220 e. The van der Waals surface area contributed by atoms with Crippen LogP contribution in [0.1, 0.15) is 53.4 Å². The first kappa shape index (κ1) is 15.0. The Morgan fingerprint density at radius 1 is 1.12 bits per heavy atom. The lowest BCUT2D eigenvalue weighted by Gasteiger charge is -2.36. The maximum atomic E-state index is 3.63. The first-order valence-corrected chi connectivity index (χ1v) is 7.54. The fourth-order valence-electron chi connectivity index (χ4n) is 2.55. The predicted octanol–water partition coefficient (Wildman–Crippen LogP) is 3.13. The van der Waals surface area contributed by atoms with Crippen LogP contribution in [0.4, 0.5) is 0 Å². The Morgan fingerprint density at radius 2 is 1.88 bits per heavy atom. The highest BCUT2D eigenvalue weighted by atomic mass is 15.2. The molecule has 1 saturated heterocycles. The molecule has 0 amide bonds. The summed E-state index contributed by atoms with van der Waals surface area (Å²) in [6.45, 7) is 14.2. The monoisotopic (exact) mass is 240 g/mol. The predicted molar refractivity (Wildman–Crippen MR) is 76.4 cm³/mol. The van der Waals surface area contributed by atoms with Crippen molar-refractivity contribution in [2.24, 2.45) is 11.8 Å². The summed E-state index contributed by atoms with van der Waals surface area (Å²) in [5.74, 6) is 1.60. The van der Waals surface area contributed by atoms with E-state index in [0.29, 0.717) is 0 Å². The minimum atomic E-state index is 0.766. The van der Waals surface area contributed by atoms with Crippen LogP contribution in [0.2, 0.25) is 0 Å². The van der Waals surface area contributed by atoms with Crippen molar-refractivity contribution in [3.8, 4) is 0 Å². The van der Waals surface area contributed by atoms with Crippen LogP contribution in [0.5, 0.6) is 0 Å². The van der Waals surface area contributed by atoms with E-state index in [0.717, 1.165) is 24.4 Å². The van der Waals surface area contributed by atoms with E-state index >= 15 is 0 Å². The summed E-state index contributed by atoms with van der Waals surface area (Å²) in [5.41, 5.74) is 0. The second-order valence-electron chi connectivity index (χ2n) is 6.42. The second-order valence-corrected chi connectivity index (χ2v) is 6.42. The standard InChI is InChI=1S/C15H32N2/c1-13(2)8-10-17-9-6-5-7-15(17)12-16-11-14(3)4/h13-16H,5-12H2,1-4H3. The molecule has 0 aliphatic carbocycles. The molecule has 102 valence electrons. The van der Waals surface area contributed by atoms with Crippen molar-refractivity contribution in [3.63, 3.8) is 0 Å². The highest BCUT2D eigenvalue weighted by molar-refractivity contribution is 4.79. The van der Waals surface area contributed by atoms with Gasteiger partial charge in [-0.3, -0.25) is 4.90 Å². The average Bonchev–Trinajstić information content (AvgIpc) is 2.27. The SMILES string of the molecule is CC(C)CCN1CCCCC1CNCC(C)C. The van der Waals surface area contributed by atoms with Crippen molar-refractivity contribution in [3.05, 3.63) is 0 Å². The molecular formula is C15H32N2. The molecule has 2 nitrogen and oxygen atoms in total. The summed E-state index contributed by atoms with van der Waals surface area (Å²) in [4.78, 5) is 2.72. The molecule has 0 aromatic heterocycles. The third-order valence-corrected chi connectivity index (χ3v) is 3.68. The minimum Gasteiger partial charge on any atom is -0.315 e. The third kappa shape index (κ3) is 6.42. The number of nitrogens with one attached hydrogen (secondary N) is 1. The number of likely N-dealkylation sites (tertiary alicyclic amines) is 1. The summed E-state index contributed by atoms with van der Waals surface area (Å²) in [6.07, 6.45) is 5.56. The van der Waals surface area contributed by atoms with Crippen LogP contribution in [-0.4, -0.2) is 37.1 Å². The lowest BCUT2D eigenvalue weighted by atomic mass is 10.0. The largest absolute Gasteiger partial charge is 0.315 e. The Labute approximate surface area is 108 Å². The van der Waals surface area contributed by atoms with Gasteiger partial charge in [-0.25, -0.2) is 0 Å². The zero-order valence-electron chi connectivity index (χ0n) is 12.3. The maximum Gasteiger partial charge on any atom is 0.0220 e. The van der Waals surface area contributed by atoms with Crippen LogP contribution in [-0.2, 0) is 0 Å². The van der Waals surface area contributed by atoms with Crippen molar-refractivity contribution in [2.45, 2.75) is 59.4 Å². The van der Waals surface area contributed by atoms with Crippen LogP contribution < -0.4 is 5.32 Å². The van der Waals surface area contributed by atoms with Gasteiger partial charge < -0.3 is 5.32 Å². The Hall–Kier alpha value is -0.0800. The van der Waals surface area contributed by atoms with Gasteiger partial charge in [-0.2, -0.15) is 0 Å². The van der Waals surface area contributed by atoms with Gasteiger partial charge in [0.15, 0.2) is 0 Å². The van der Waals surface area contributed by atoms with Gasteiger partial charge in [0.2, 0.25) is 0 Å². The highest BCUT2D eigenvalue weighted by Gasteiger charge is 2.21. The van der Waals surface area contributed by atoms with Crippen molar-refractivity contribution in [2.75, 3.05) is 26.2 Å². The highest BCUT2D eigenvalue weighted by Crippen LogP contribution is 2.17. The molecule has 0 saturated carbocycles. The van der Waals surface area contributed by atoms with Gasteiger partial charge in [-0.1, -0.05) is 34.1 Å².